The van der Waals surface area contributed by atoms with Gasteiger partial charge in [-0.05, 0) is 23.3 Å². The molecule has 1 saturated heterocycles. The number of piperidine rings is 1. The summed E-state index contributed by atoms with van der Waals surface area (Å²) in [4.78, 5) is 2.08. The third-order valence-electron chi connectivity index (χ3n) is 2.09. The second-order valence-electron chi connectivity index (χ2n) is 3.07. The lowest BCUT2D eigenvalue weighted by molar-refractivity contribution is 0.500. The van der Waals surface area contributed by atoms with Gasteiger partial charge in [0.05, 0.1) is 0 Å². The smallest absolute Gasteiger partial charge is 0.242 e. The summed E-state index contributed by atoms with van der Waals surface area (Å²) in [5.41, 5.74) is 5.81. The number of H-pyrrole nitrogens is 1. The average Bonchev–Trinajstić information content (AvgIpc) is 2.56. The number of nitrogens with two attached hydrogens (primary N) is 1. The van der Waals surface area contributed by atoms with E-state index >= 15 is 0 Å². The molecule has 0 spiro atoms. The van der Waals surface area contributed by atoms with Crippen LogP contribution in [0.25, 0.3) is 0 Å². The first kappa shape index (κ1) is 7.48. The lowest BCUT2D eigenvalue weighted by atomic mass is 10.1. The van der Waals surface area contributed by atoms with Crippen LogP contribution in [-0.4, -0.2) is 39.8 Å². The molecule has 0 aromatic carbocycles. The summed E-state index contributed by atoms with van der Waals surface area (Å²) < 4.78 is 0. The quantitative estimate of drug-likeness (QED) is 0.569. The van der Waals surface area contributed by atoms with Gasteiger partial charge in [0.2, 0.25) is 5.95 Å². The van der Waals surface area contributed by atoms with Crippen LogP contribution in [0.1, 0.15) is 12.8 Å². The molecule has 0 aliphatic carbocycles. The largest absolute Gasteiger partial charge is 0.338 e. The number of rotatable bonds is 1. The van der Waals surface area contributed by atoms with Crippen molar-refractivity contribution in [1.82, 2.24) is 20.6 Å². The van der Waals surface area contributed by atoms with E-state index in [1.165, 1.54) is 0 Å². The number of aromatic nitrogens is 4. The monoisotopic (exact) mass is 168 g/mol. The van der Waals surface area contributed by atoms with Crippen molar-refractivity contribution in [2.45, 2.75) is 18.9 Å². The van der Waals surface area contributed by atoms with Gasteiger partial charge in [-0.3, -0.25) is 0 Å². The molecule has 3 N–H and O–H groups in total. The predicted octanol–water partition coefficient (Wildman–Crippen LogP) is -0.873. The number of aromatic amines is 1. The van der Waals surface area contributed by atoms with Gasteiger partial charge in [-0.1, -0.05) is 5.10 Å². The van der Waals surface area contributed by atoms with Crippen molar-refractivity contribution in [1.29, 1.82) is 0 Å². The zero-order valence-corrected chi connectivity index (χ0v) is 6.77. The molecule has 0 amide bonds. The average molecular weight is 168 g/mol. The summed E-state index contributed by atoms with van der Waals surface area (Å²) >= 11 is 0. The third-order valence-corrected chi connectivity index (χ3v) is 2.09. The first-order valence-electron chi connectivity index (χ1n) is 4.10. The van der Waals surface area contributed by atoms with E-state index in [0.717, 1.165) is 31.9 Å². The van der Waals surface area contributed by atoms with E-state index in [0.29, 0.717) is 0 Å². The van der Waals surface area contributed by atoms with Gasteiger partial charge in [-0.25, -0.2) is 5.10 Å². The summed E-state index contributed by atoms with van der Waals surface area (Å²) in [5.74, 6) is 0.727. The molecule has 1 aromatic heterocycles. The highest BCUT2D eigenvalue weighted by Gasteiger charge is 2.18. The van der Waals surface area contributed by atoms with E-state index in [1.807, 2.05) is 0 Å². The van der Waals surface area contributed by atoms with Crippen LogP contribution in [-0.2, 0) is 0 Å². The standard InChI is InChI=1S/C6H12N6/c7-5-2-1-3-12(4-5)6-8-10-11-9-6/h5H,1-4,7H2,(H,8,9,10,11)/t5-/m0/s1. The van der Waals surface area contributed by atoms with E-state index < -0.39 is 0 Å². The van der Waals surface area contributed by atoms with Gasteiger partial charge in [0.1, 0.15) is 0 Å². The van der Waals surface area contributed by atoms with Gasteiger partial charge >= 0.3 is 0 Å². The molecule has 1 aromatic rings. The fourth-order valence-electron chi connectivity index (χ4n) is 1.49. The van der Waals surface area contributed by atoms with Gasteiger partial charge < -0.3 is 10.6 Å². The summed E-state index contributed by atoms with van der Waals surface area (Å²) in [6, 6.07) is 0.254. The van der Waals surface area contributed by atoms with Crippen LogP contribution in [0.5, 0.6) is 0 Å². The minimum atomic E-state index is 0.254. The van der Waals surface area contributed by atoms with Crippen molar-refractivity contribution in [3.8, 4) is 0 Å². The highest BCUT2D eigenvalue weighted by atomic mass is 15.5. The molecule has 0 bridgehead atoms. The summed E-state index contributed by atoms with van der Waals surface area (Å²) in [7, 11) is 0. The van der Waals surface area contributed by atoms with Crippen LogP contribution in [0.15, 0.2) is 0 Å². The molecule has 2 rings (SSSR count). The molecule has 6 nitrogen and oxygen atoms in total. The number of nitrogens with zero attached hydrogens (tertiary/aromatic N) is 4. The number of hydrogen-bond donors (Lipinski definition) is 2. The molecule has 0 radical (unpaired) electrons. The Morgan fingerprint density at radius 1 is 1.58 bits per heavy atom. The highest BCUT2D eigenvalue weighted by molar-refractivity contribution is 5.27. The van der Waals surface area contributed by atoms with Gasteiger partial charge in [0.15, 0.2) is 0 Å². The number of tetrazole rings is 1. The van der Waals surface area contributed by atoms with Crippen LogP contribution >= 0.6 is 0 Å². The van der Waals surface area contributed by atoms with Crippen molar-refractivity contribution in [2.24, 2.45) is 5.73 Å². The Bertz CT molecular complexity index is 232. The van der Waals surface area contributed by atoms with Crippen LogP contribution in [0, 0.1) is 0 Å². The Kier molecular flexibility index (Phi) is 1.91. The van der Waals surface area contributed by atoms with Crippen molar-refractivity contribution >= 4 is 5.95 Å². The first-order valence-corrected chi connectivity index (χ1v) is 4.10. The van der Waals surface area contributed by atoms with E-state index in [1.54, 1.807) is 0 Å². The second-order valence-corrected chi connectivity index (χ2v) is 3.07. The van der Waals surface area contributed by atoms with E-state index in [2.05, 4.69) is 25.5 Å². The molecule has 1 aliphatic heterocycles. The molecule has 1 atom stereocenters. The third kappa shape index (κ3) is 1.38. The van der Waals surface area contributed by atoms with Crippen LogP contribution in [0.2, 0.25) is 0 Å². The highest BCUT2D eigenvalue weighted by Crippen LogP contribution is 2.12. The molecule has 66 valence electrons. The van der Waals surface area contributed by atoms with Gasteiger partial charge in [0, 0.05) is 19.1 Å². The second kappa shape index (κ2) is 3.06. The number of nitrogens with one attached hydrogen (secondary N) is 1. The van der Waals surface area contributed by atoms with Gasteiger partial charge in [-0.2, -0.15) is 0 Å². The molecular formula is C6H12N6. The molecule has 12 heavy (non-hydrogen) atoms. The SMILES string of the molecule is N[C@H]1CCCN(c2nnn[nH]2)C1. The number of hydrogen-bond acceptors (Lipinski definition) is 5. The molecule has 0 saturated carbocycles. The molecular weight excluding hydrogens is 156 g/mol. The molecule has 2 heterocycles. The van der Waals surface area contributed by atoms with E-state index in [4.69, 9.17) is 5.73 Å². The fourth-order valence-corrected chi connectivity index (χ4v) is 1.49. The zero-order valence-electron chi connectivity index (χ0n) is 6.77. The Morgan fingerprint density at radius 2 is 2.50 bits per heavy atom. The Hall–Kier alpha value is -1.17. The maximum atomic E-state index is 5.81. The summed E-state index contributed by atoms with van der Waals surface area (Å²) in [6.07, 6.45) is 2.21. The number of anilines is 1. The fraction of sp³-hybridized carbons (Fsp3) is 0.833. The molecule has 6 heteroatoms. The van der Waals surface area contributed by atoms with Crippen LogP contribution < -0.4 is 10.6 Å². The Balaban J connectivity index is 2.04. The maximum absolute atomic E-state index is 5.81. The molecule has 1 fully saturated rings. The first-order chi connectivity index (χ1) is 5.86. The summed E-state index contributed by atoms with van der Waals surface area (Å²) in [6.45, 7) is 1.83. The van der Waals surface area contributed by atoms with Crippen molar-refractivity contribution in [3.05, 3.63) is 0 Å². The van der Waals surface area contributed by atoms with E-state index in [-0.39, 0.29) is 6.04 Å². The lowest BCUT2D eigenvalue weighted by Crippen LogP contribution is -2.43. The van der Waals surface area contributed by atoms with E-state index in [9.17, 15) is 0 Å². The lowest BCUT2D eigenvalue weighted by Gasteiger charge is -2.29. The minimum absolute atomic E-state index is 0.254. The van der Waals surface area contributed by atoms with Crippen molar-refractivity contribution in [3.63, 3.8) is 0 Å². The van der Waals surface area contributed by atoms with Gasteiger partial charge in [-0.15, -0.1) is 0 Å². The molecule has 1 aliphatic rings. The summed E-state index contributed by atoms with van der Waals surface area (Å²) in [5, 5.41) is 13.6. The minimum Gasteiger partial charge on any atom is -0.338 e. The maximum Gasteiger partial charge on any atom is 0.242 e. The van der Waals surface area contributed by atoms with Gasteiger partial charge in [0.25, 0.3) is 0 Å². The predicted molar refractivity (Wildman–Crippen MR) is 43.6 cm³/mol. The zero-order chi connectivity index (χ0) is 8.39. The van der Waals surface area contributed by atoms with Crippen molar-refractivity contribution in [2.75, 3.05) is 18.0 Å². The Morgan fingerprint density at radius 3 is 3.17 bits per heavy atom. The normalized spacial score (nSPS) is 24.4. The van der Waals surface area contributed by atoms with Crippen LogP contribution in [0.4, 0.5) is 5.95 Å². The van der Waals surface area contributed by atoms with Crippen molar-refractivity contribution < 1.29 is 0 Å². The topological polar surface area (TPSA) is 83.7 Å². The Labute approximate surface area is 70.1 Å². The van der Waals surface area contributed by atoms with Crippen LogP contribution in [0.3, 0.4) is 0 Å². The molecule has 0 unspecified atom stereocenters.